The molecule has 0 aliphatic carbocycles. The van der Waals surface area contributed by atoms with Crippen molar-refractivity contribution in [3.05, 3.63) is 0 Å². The second kappa shape index (κ2) is 6.89. The summed E-state index contributed by atoms with van der Waals surface area (Å²) in [4.78, 5) is 11.3. The quantitative estimate of drug-likeness (QED) is 0.641. The zero-order chi connectivity index (χ0) is 10.3. The van der Waals surface area contributed by atoms with Gasteiger partial charge in [-0.15, -0.1) is 0 Å². The molecule has 0 aliphatic rings. The van der Waals surface area contributed by atoms with Gasteiger partial charge in [-0.25, -0.2) is 0 Å². The van der Waals surface area contributed by atoms with E-state index in [1.54, 1.807) is 0 Å². The van der Waals surface area contributed by atoms with Gasteiger partial charge in [0.25, 0.3) is 0 Å². The summed E-state index contributed by atoms with van der Waals surface area (Å²) in [6, 6.07) is -0.134. The van der Waals surface area contributed by atoms with Crippen LogP contribution in [0.4, 0.5) is 0 Å². The molecule has 0 rings (SSSR count). The fourth-order valence-corrected chi connectivity index (χ4v) is 1.20. The Bertz CT molecular complexity index is 146. The average molecular weight is 187 g/mol. The van der Waals surface area contributed by atoms with Crippen molar-refractivity contribution in [2.75, 3.05) is 13.7 Å². The summed E-state index contributed by atoms with van der Waals surface area (Å²) >= 11 is 0. The second-order valence-corrected chi connectivity index (χ2v) is 3.66. The molecule has 1 unspecified atom stereocenters. The van der Waals surface area contributed by atoms with Crippen LogP contribution in [-0.2, 0) is 9.53 Å². The zero-order valence-corrected chi connectivity index (χ0v) is 9.09. The van der Waals surface area contributed by atoms with E-state index in [1.807, 2.05) is 0 Å². The molecule has 0 bridgehead atoms. The normalized spacial score (nSPS) is 13.0. The molecule has 0 spiro atoms. The Morgan fingerprint density at radius 3 is 2.46 bits per heavy atom. The standard InChI is InChI=1S/C10H21NO2/c1-5-6-11-9(7-8(2)3)10(12)13-4/h8-9,11H,5-7H2,1-4H3. The van der Waals surface area contributed by atoms with Gasteiger partial charge in [-0.1, -0.05) is 20.8 Å². The van der Waals surface area contributed by atoms with E-state index in [1.165, 1.54) is 7.11 Å². The lowest BCUT2D eigenvalue weighted by molar-refractivity contribution is -0.143. The number of hydrogen-bond donors (Lipinski definition) is 1. The van der Waals surface area contributed by atoms with E-state index in [4.69, 9.17) is 4.74 Å². The first kappa shape index (κ1) is 12.4. The van der Waals surface area contributed by atoms with E-state index < -0.39 is 0 Å². The van der Waals surface area contributed by atoms with Crippen LogP contribution in [0.3, 0.4) is 0 Å². The first-order valence-electron chi connectivity index (χ1n) is 4.93. The Morgan fingerprint density at radius 2 is 2.08 bits per heavy atom. The average Bonchev–Trinajstić information content (AvgIpc) is 2.10. The molecule has 0 heterocycles. The molecule has 0 saturated heterocycles. The number of carbonyl (C=O) groups excluding carboxylic acids is 1. The lowest BCUT2D eigenvalue weighted by atomic mass is 10.0. The number of nitrogens with one attached hydrogen (secondary N) is 1. The summed E-state index contributed by atoms with van der Waals surface area (Å²) in [6.45, 7) is 7.15. The minimum absolute atomic E-state index is 0.134. The van der Waals surface area contributed by atoms with Crippen LogP contribution in [0.15, 0.2) is 0 Å². The molecule has 0 aromatic heterocycles. The van der Waals surface area contributed by atoms with E-state index in [0.29, 0.717) is 5.92 Å². The molecule has 0 fully saturated rings. The Hall–Kier alpha value is -0.570. The predicted octanol–water partition coefficient (Wildman–Crippen LogP) is 1.57. The van der Waals surface area contributed by atoms with Gasteiger partial charge in [0.15, 0.2) is 0 Å². The lowest BCUT2D eigenvalue weighted by Crippen LogP contribution is -2.39. The number of ether oxygens (including phenoxy) is 1. The summed E-state index contributed by atoms with van der Waals surface area (Å²) in [7, 11) is 1.43. The smallest absolute Gasteiger partial charge is 0.322 e. The molecular formula is C10H21NO2. The molecule has 0 saturated carbocycles. The van der Waals surface area contributed by atoms with Gasteiger partial charge in [0, 0.05) is 0 Å². The molecule has 0 aliphatic heterocycles. The van der Waals surface area contributed by atoms with Crippen LogP contribution < -0.4 is 5.32 Å². The summed E-state index contributed by atoms with van der Waals surface area (Å²) in [6.07, 6.45) is 1.87. The highest BCUT2D eigenvalue weighted by Gasteiger charge is 2.18. The van der Waals surface area contributed by atoms with E-state index in [0.717, 1.165) is 19.4 Å². The first-order chi connectivity index (χ1) is 6.11. The van der Waals surface area contributed by atoms with Crippen molar-refractivity contribution in [3.8, 4) is 0 Å². The van der Waals surface area contributed by atoms with Crippen molar-refractivity contribution < 1.29 is 9.53 Å². The predicted molar refractivity (Wildman–Crippen MR) is 53.6 cm³/mol. The number of rotatable bonds is 6. The van der Waals surface area contributed by atoms with Crippen molar-refractivity contribution in [1.29, 1.82) is 0 Å². The zero-order valence-electron chi connectivity index (χ0n) is 9.09. The van der Waals surface area contributed by atoms with Crippen molar-refractivity contribution >= 4 is 5.97 Å². The maximum atomic E-state index is 11.3. The topological polar surface area (TPSA) is 38.3 Å². The van der Waals surface area contributed by atoms with E-state index in [9.17, 15) is 4.79 Å². The van der Waals surface area contributed by atoms with Crippen LogP contribution in [0, 0.1) is 5.92 Å². The molecule has 1 atom stereocenters. The summed E-state index contributed by atoms with van der Waals surface area (Å²) < 4.78 is 4.71. The van der Waals surface area contributed by atoms with Gasteiger partial charge < -0.3 is 10.1 Å². The van der Waals surface area contributed by atoms with Crippen molar-refractivity contribution in [2.24, 2.45) is 5.92 Å². The molecule has 13 heavy (non-hydrogen) atoms. The summed E-state index contributed by atoms with van der Waals surface area (Å²) in [5.41, 5.74) is 0. The van der Waals surface area contributed by atoms with Crippen LogP contribution in [0.2, 0.25) is 0 Å². The summed E-state index contributed by atoms with van der Waals surface area (Å²) in [5, 5.41) is 3.18. The highest BCUT2D eigenvalue weighted by atomic mass is 16.5. The second-order valence-electron chi connectivity index (χ2n) is 3.66. The molecule has 0 aromatic carbocycles. The Balaban J connectivity index is 3.94. The number of hydrogen-bond acceptors (Lipinski definition) is 3. The van der Waals surface area contributed by atoms with Crippen molar-refractivity contribution in [1.82, 2.24) is 5.32 Å². The minimum atomic E-state index is -0.151. The third kappa shape index (κ3) is 5.64. The van der Waals surface area contributed by atoms with Gasteiger partial charge in [0.05, 0.1) is 7.11 Å². The van der Waals surface area contributed by atoms with E-state index in [-0.39, 0.29) is 12.0 Å². The Kier molecular flexibility index (Phi) is 6.59. The first-order valence-corrected chi connectivity index (χ1v) is 4.93. The van der Waals surface area contributed by atoms with Crippen LogP contribution in [0.25, 0.3) is 0 Å². The third-order valence-electron chi connectivity index (χ3n) is 1.83. The highest BCUT2D eigenvalue weighted by molar-refractivity contribution is 5.75. The maximum absolute atomic E-state index is 11.3. The number of carbonyl (C=O) groups is 1. The Labute approximate surface area is 80.8 Å². The molecule has 3 nitrogen and oxygen atoms in total. The van der Waals surface area contributed by atoms with Crippen LogP contribution in [-0.4, -0.2) is 25.7 Å². The lowest BCUT2D eigenvalue weighted by Gasteiger charge is -2.17. The third-order valence-corrected chi connectivity index (χ3v) is 1.83. The fourth-order valence-electron chi connectivity index (χ4n) is 1.20. The van der Waals surface area contributed by atoms with Gasteiger partial charge in [-0.2, -0.15) is 0 Å². The monoisotopic (exact) mass is 187 g/mol. The Morgan fingerprint density at radius 1 is 1.46 bits per heavy atom. The van der Waals surface area contributed by atoms with Gasteiger partial charge in [0.2, 0.25) is 0 Å². The van der Waals surface area contributed by atoms with Crippen molar-refractivity contribution in [3.63, 3.8) is 0 Å². The van der Waals surface area contributed by atoms with E-state index >= 15 is 0 Å². The molecule has 0 amide bonds. The SMILES string of the molecule is CCCNC(CC(C)C)C(=O)OC. The van der Waals surface area contributed by atoms with E-state index in [2.05, 4.69) is 26.1 Å². The number of esters is 1. The van der Waals surface area contributed by atoms with Crippen molar-refractivity contribution in [2.45, 2.75) is 39.7 Å². The molecule has 3 heteroatoms. The van der Waals surface area contributed by atoms with Gasteiger partial charge in [-0.05, 0) is 25.3 Å². The van der Waals surface area contributed by atoms with Crippen LogP contribution in [0.5, 0.6) is 0 Å². The van der Waals surface area contributed by atoms with Gasteiger partial charge >= 0.3 is 5.97 Å². The largest absolute Gasteiger partial charge is 0.468 e. The van der Waals surface area contributed by atoms with Gasteiger partial charge in [-0.3, -0.25) is 4.79 Å². The molecule has 1 N–H and O–H groups in total. The summed E-state index contributed by atoms with van der Waals surface area (Å²) in [5.74, 6) is 0.357. The molecule has 78 valence electrons. The molecule has 0 aromatic rings. The highest BCUT2D eigenvalue weighted by Crippen LogP contribution is 2.05. The van der Waals surface area contributed by atoms with Crippen LogP contribution in [0.1, 0.15) is 33.6 Å². The number of methoxy groups -OCH3 is 1. The fraction of sp³-hybridized carbons (Fsp3) is 0.900. The molecular weight excluding hydrogens is 166 g/mol. The molecule has 0 radical (unpaired) electrons. The van der Waals surface area contributed by atoms with Crippen LogP contribution >= 0.6 is 0 Å². The maximum Gasteiger partial charge on any atom is 0.322 e. The van der Waals surface area contributed by atoms with Gasteiger partial charge in [0.1, 0.15) is 6.04 Å². The minimum Gasteiger partial charge on any atom is -0.468 e.